The van der Waals surface area contributed by atoms with Gasteiger partial charge in [-0.1, -0.05) is 6.07 Å². The van der Waals surface area contributed by atoms with E-state index < -0.39 is 0 Å². The number of benzene rings is 1. The van der Waals surface area contributed by atoms with Gasteiger partial charge in [-0.2, -0.15) is 0 Å². The average molecular weight is 415 g/mol. The van der Waals surface area contributed by atoms with Crippen LogP contribution in [0.4, 0.5) is 0 Å². The molecular formula is C23H30N2O5. The number of aliphatic hydroxyl groups is 1. The highest BCUT2D eigenvalue weighted by molar-refractivity contribution is 5.91. The van der Waals surface area contributed by atoms with Gasteiger partial charge < -0.3 is 23.9 Å². The fourth-order valence-corrected chi connectivity index (χ4v) is 4.29. The van der Waals surface area contributed by atoms with Crippen LogP contribution in [0.2, 0.25) is 0 Å². The zero-order chi connectivity index (χ0) is 20.9. The van der Waals surface area contributed by atoms with Gasteiger partial charge in [-0.3, -0.25) is 9.69 Å². The van der Waals surface area contributed by atoms with Crippen LogP contribution in [0.5, 0.6) is 5.75 Å². The monoisotopic (exact) mass is 414 g/mol. The number of amides is 1. The minimum atomic E-state index is -0.138. The van der Waals surface area contributed by atoms with E-state index in [2.05, 4.69) is 17.0 Å². The number of hydrogen-bond donors (Lipinski definition) is 1. The van der Waals surface area contributed by atoms with Crippen molar-refractivity contribution in [2.24, 2.45) is 5.92 Å². The molecule has 162 valence electrons. The third kappa shape index (κ3) is 4.86. The third-order valence-corrected chi connectivity index (χ3v) is 5.82. The van der Waals surface area contributed by atoms with Crippen molar-refractivity contribution in [3.63, 3.8) is 0 Å². The van der Waals surface area contributed by atoms with Gasteiger partial charge in [0.2, 0.25) is 0 Å². The molecule has 1 aromatic heterocycles. The van der Waals surface area contributed by atoms with E-state index in [1.54, 1.807) is 24.1 Å². The van der Waals surface area contributed by atoms with Crippen LogP contribution in [0.1, 0.15) is 40.3 Å². The zero-order valence-corrected chi connectivity index (χ0v) is 17.5. The van der Waals surface area contributed by atoms with Crippen molar-refractivity contribution < 1.29 is 23.8 Å². The largest absolute Gasteiger partial charge is 0.491 e. The molecule has 1 saturated heterocycles. The predicted molar refractivity (Wildman–Crippen MR) is 111 cm³/mol. The lowest BCUT2D eigenvalue weighted by Crippen LogP contribution is -2.36. The van der Waals surface area contributed by atoms with Crippen LogP contribution in [-0.2, 0) is 24.4 Å². The number of likely N-dealkylation sites (tertiary alicyclic amines) is 1. The molecule has 0 unspecified atom stereocenters. The Hall–Kier alpha value is -2.35. The summed E-state index contributed by atoms with van der Waals surface area (Å²) >= 11 is 0. The quantitative estimate of drug-likeness (QED) is 0.783. The van der Waals surface area contributed by atoms with Crippen molar-refractivity contribution in [3.05, 3.63) is 53.0 Å². The van der Waals surface area contributed by atoms with E-state index in [9.17, 15) is 9.90 Å². The van der Waals surface area contributed by atoms with Gasteiger partial charge in [0.15, 0.2) is 5.76 Å². The summed E-state index contributed by atoms with van der Waals surface area (Å²) < 4.78 is 16.6. The second-order valence-electron chi connectivity index (χ2n) is 8.14. The molecule has 0 bridgehead atoms. The van der Waals surface area contributed by atoms with Crippen molar-refractivity contribution in [1.29, 1.82) is 0 Å². The van der Waals surface area contributed by atoms with Crippen LogP contribution in [0.15, 0.2) is 34.7 Å². The number of nitrogens with zero attached hydrogens (tertiary/aromatic N) is 2. The normalized spacial score (nSPS) is 19.8. The Bertz CT molecular complexity index is 865. The lowest BCUT2D eigenvalue weighted by Gasteiger charge is -2.32. The molecule has 0 aliphatic carbocycles. The molecule has 1 N–H and O–H groups in total. The van der Waals surface area contributed by atoms with Crippen LogP contribution in [0, 0.1) is 5.92 Å². The van der Waals surface area contributed by atoms with Crippen molar-refractivity contribution in [1.82, 2.24) is 9.80 Å². The summed E-state index contributed by atoms with van der Waals surface area (Å²) in [5, 5.41) is 9.48. The van der Waals surface area contributed by atoms with E-state index in [0.29, 0.717) is 43.7 Å². The maximum absolute atomic E-state index is 13.0. The average Bonchev–Trinajstić information content (AvgIpc) is 3.12. The van der Waals surface area contributed by atoms with Gasteiger partial charge in [0.1, 0.15) is 24.7 Å². The number of carbonyl (C=O) groups excluding carboxylic acids is 1. The summed E-state index contributed by atoms with van der Waals surface area (Å²) in [6.45, 7) is 4.87. The lowest BCUT2D eigenvalue weighted by molar-refractivity contribution is 0.0693. The highest BCUT2D eigenvalue weighted by Crippen LogP contribution is 2.27. The molecule has 0 spiro atoms. The Morgan fingerprint density at radius 3 is 3.00 bits per heavy atom. The number of methoxy groups -OCH3 is 1. The van der Waals surface area contributed by atoms with Crippen molar-refractivity contribution in [2.75, 3.05) is 40.0 Å². The number of fused-ring (bicyclic) bond motifs is 1. The summed E-state index contributed by atoms with van der Waals surface area (Å²) in [5.41, 5.74) is 2.21. The molecule has 0 radical (unpaired) electrons. The molecule has 3 heterocycles. The van der Waals surface area contributed by atoms with E-state index >= 15 is 0 Å². The number of hydrogen-bond acceptors (Lipinski definition) is 6. The maximum Gasteiger partial charge on any atom is 0.289 e. The molecule has 2 aliphatic rings. The first-order valence-electron chi connectivity index (χ1n) is 10.6. The van der Waals surface area contributed by atoms with Gasteiger partial charge in [0.05, 0.1) is 6.54 Å². The van der Waals surface area contributed by atoms with Gasteiger partial charge in [-0.25, -0.2) is 0 Å². The Morgan fingerprint density at radius 1 is 1.27 bits per heavy atom. The number of aliphatic hydroxyl groups excluding tert-OH is 1. The van der Waals surface area contributed by atoms with E-state index in [-0.39, 0.29) is 12.5 Å². The minimum Gasteiger partial charge on any atom is -0.491 e. The fourth-order valence-electron chi connectivity index (χ4n) is 4.29. The molecule has 7 heteroatoms. The Kier molecular flexibility index (Phi) is 6.72. The molecule has 2 aliphatic heterocycles. The molecule has 30 heavy (non-hydrogen) atoms. The fraction of sp³-hybridized carbons (Fsp3) is 0.522. The first kappa shape index (κ1) is 20.9. The van der Waals surface area contributed by atoms with E-state index in [1.807, 2.05) is 6.07 Å². The SMILES string of the molecule is COCc1ccc(C(=O)N2CCOc3ccc(CN4CCC[C@@H](CO)C4)cc3C2)o1. The summed E-state index contributed by atoms with van der Waals surface area (Å²) in [6, 6.07) is 9.73. The number of piperidine rings is 1. The van der Waals surface area contributed by atoms with Crippen LogP contribution in [0.3, 0.4) is 0 Å². The number of carbonyl (C=O) groups is 1. The van der Waals surface area contributed by atoms with Crippen LogP contribution in [-0.4, -0.2) is 60.8 Å². The zero-order valence-electron chi connectivity index (χ0n) is 17.5. The van der Waals surface area contributed by atoms with Gasteiger partial charge in [0.25, 0.3) is 5.91 Å². The Balaban J connectivity index is 1.46. The molecule has 1 atom stereocenters. The molecular weight excluding hydrogens is 384 g/mol. The Morgan fingerprint density at radius 2 is 2.17 bits per heavy atom. The second kappa shape index (κ2) is 9.64. The molecule has 7 nitrogen and oxygen atoms in total. The molecule has 1 amide bonds. The molecule has 2 aromatic rings. The summed E-state index contributed by atoms with van der Waals surface area (Å²) in [6.07, 6.45) is 2.22. The van der Waals surface area contributed by atoms with Gasteiger partial charge >= 0.3 is 0 Å². The maximum atomic E-state index is 13.0. The molecule has 1 fully saturated rings. The molecule has 4 rings (SSSR count). The standard InChI is InChI=1S/C23H30N2O5/c1-28-16-20-5-7-22(30-20)23(27)25-9-10-29-21-6-4-17(11-19(21)14-25)12-24-8-2-3-18(13-24)15-26/h4-7,11,18,26H,2-3,8-10,12-16H2,1H3/t18-/m1/s1. The highest BCUT2D eigenvalue weighted by atomic mass is 16.5. The van der Waals surface area contributed by atoms with Crippen LogP contribution >= 0.6 is 0 Å². The van der Waals surface area contributed by atoms with E-state index in [4.69, 9.17) is 13.9 Å². The lowest BCUT2D eigenvalue weighted by atomic mass is 9.98. The van der Waals surface area contributed by atoms with Crippen molar-refractivity contribution in [2.45, 2.75) is 32.5 Å². The topological polar surface area (TPSA) is 75.4 Å². The van der Waals surface area contributed by atoms with Crippen molar-refractivity contribution >= 4 is 5.91 Å². The second-order valence-corrected chi connectivity index (χ2v) is 8.14. The third-order valence-electron chi connectivity index (χ3n) is 5.82. The Labute approximate surface area is 177 Å². The summed E-state index contributed by atoms with van der Waals surface area (Å²) in [4.78, 5) is 17.1. The van der Waals surface area contributed by atoms with Gasteiger partial charge in [-0.15, -0.1) is 0 Å². The van der Waals surface area contributed by atoms with Crippen LogP contribution in [0.25, 0.3) is 0 Å². The van der Waals surface area contributed by atoms with Crippen LogP contribution < -0.4 is 4.74 Å². The van der Waals surface area contributed by atoms with Gasteiger partial charge in [0, 0.05) is 38.9 Å². The summed E-state index contributed by atoms with van der Waals surface area (Å²) in [5.74, 6) is 2.02. The molecule has 1 aromatic carbocycles. The minimum absolute atomic E-state index is 0.138. The van der Waals surface area contributed by atoms with Gasteiger partial charge in [-0.05, 0) is 55.1 Å². The van der Waals surface area contributed by atoms with Crippen molar-refractivity contribution in [3.8, 4) is 5.75 Å². The van der Waals surface area contributed by atoms with E-state index in [1.165, 1.54) is 5.56 Å². The van der Waals surface area contributed by atoms with E-state index in [0.717, 1.165) is 43.8 Å². The number of furan rings is 1. The number of ether oxygens (including phenoxy) is 2. The summed E-state index contributed by atoms with van der Waals surface area (Å²) in [7, 11) is 1.60. The predicted octanol–water partition coefficient (Wildman–Crippen LogP) is 2.67. The smallest absolute Gasteiger partial charge is 0.289 e. The molecule has 0 saturated carbocycles. The first-order valence-corrected chi connectivity index (χ1v) is 10.6. The first-order chi connectivity index (χ1) is 14.7. The number of rotatable bonds is 6. The highest BCUT2D eigenvalue weighted by Gasteiger charge is 2.24.